The fourth-order valence-electron chi connectivity index (χ4n) is 2.70. The standard InChI is InChI=1S/C14H20N2O3S/c1-20(18,19)12-6-3-5-11(8-12)16-14(17)13-7-2-4-10(13)9-15/h3,5-6,8,10,13H,2,4,7,9,15H2,1H3,(H,16,17). The van der Waals surface area contributed by atoms with E-state index in [0.29, 0.717) is 12.2 Å². The van der Waals surface area contributed by atoms with E-state index < -0.39 is 9.84 Å². The molecule has 5 nitrogen and oxygen atoms in total. The second-order valence-corrected chi connectivity index (χ2v) is 7.34. The van der Waals surface area contributed by atoms with Crippen molar-refractivity contribution in [3.8, 4) is 0 Å². The second kappa shape index (κ2) is 5.93. The minimum absolute atomic E-state index is 0.0661. The van der Waals surface area contributed by atoms with Gasteiger partial charge in [-0.1, -0.05) is 12.5 Å². The third-order valence-electron chi connectivity index (χ3n) is 3.83. The average Bonchev–Trinajstić information content (AvgIpc) is 2.86. The molecule has 0 bridgehead atoms. The molecule has 1 aliphatic carbocycles. The fourth-order valence-corrected chi connectivity index (χ4v) is 3.37. The van der Waals surface area contributed by atoms with E-state index in [9.17, 15) is 13.2 Å². The van der Waals surface area contributed by atoms with Crippen LogP contribution in [-0.2, 0) is 14.6 Å². The van der Waals surface area contributed by atoms with Crippen molar-refractivity contribution >= 4 is 21.4 Å². The molecule has 2 rings (SSSR count). The summed E-state index contributed by atoms with van der Waals surface area (Å²) in [5.41, 5.74) is 6.19. The largest absolute Gasteiger partial charge is 0.330 e. The quantitative estimate of drug-likeness (QED) is 0.879. The molecule has 1 fully saturated rings. The Kier molecular flexibility index (Phi) is 4.45. The van der Waals surface area contributed by atoms with E-state index in [1.54, 1.807) is 12.1 Å². The molecule has 0 spiro atoms. The van der Waals surface area contributed by atoms with Crippen LogP contribution in [0.3, 0.4) is 0 Å². The van der Waals surface area contributed by atoms with E-state index in [1.807, 2.05) is 0 Å². The van der Waals surface area contributed by atoms with Crippen LogP contribution in [-0.4, -0.2) is 27.1 Å². The smallest absolute Gasteiger partial charge is 0.227 e. The van der Waals surface area contributed by atoms with Gasteiger partial charge < -0.3 is 11.1 Å². The normalized spacial score (nSPS) is 22.7. The number of nitrogens with two attached hydrogens (primary N) is 1. The van der Waals surface area contributed by atoms with E-state index >= 15 is 0 Å². The maximum atomic E-state index is 12.2. The Balaban J connectivity index is 2.12. The highest BCUT2D eigenvalue weighted by atomic mass is 32.2. The summed E-state index contributed by atoms with van der Waals surface area (Å²) in [5.74, 6) is 0.0959. The van der Waals surface area contributed by atoms with Crippen molar-refractivity contribution < 1.29 is 13.2 Å². The molecule has 1 aromatic carbocycles. The molecule has 0 heterocycles. The van der Waals surface area contributed by atoms with E-state index in [1.165, 1.54) is 12.1 Å². The summed E-state index contributed by atoms with van der Waals surface area (Å²) in [5, 5.41) is 2.80. The molecule has 2 unspecified atom stereocenters. The Morgan fingerprint density at radius 3 is 2.80 bits per heavy atom. The lowest BCUT2D eigenvalue weighted by molar-refractivity contribution is -0.120. The number of carbonyl (C=O) groups is 1. The third-order valence-corrected chi connectivity index (χ3v) is 4.94. The van der Waals surface area contributed by atoms with Gasteiger partial charge >= 0.3 is 0 Å². The van der Waals surface area contributed by atoms with Crippen molar-refractivity contribution in [2.24, 2.45) is 17.6 Å². The van der Waals surface area contributed by atoms with Crippen LogP contribution in [0.5, 0.6) is 0 Å². The first-order chi connectivity index (χ1) is 9.41. The molecule has 2 atom stereocenters. The molecular formula is C14H20N2O3S. The molecule has 1 saturated carbocycles. The molecule has 110 valence electrons. The minimum Gasteiger partial charge on any atom is -0.330 e. The van der Waals surface area contributed by atoms with Crippen LogP contribution in [0.15, 0.2) is 29.2 Å². The molecule has 0 saturated heterocycles. The Bertz CT molecular complexity index is 598. The van der Waals surface area contributed by atoms with E-state index in [-0.39, 0.29) is 22.6 Å². The van der Waals surface area contributed by atoms with Crippen LogP contribution in [0, 0.1) is 11.8 Å². The molecular weight excluding hydrogens is 276 g/mol. The highest BCUT2D eigenvalue weighted by Gasteiger charge is 2.31. The van der Waals surface area contributed by atoms with Gasteiger partial charge in [0.1, 0.15) is 0 Å². The Morgan fingerprint density at radius 2 is 2.15 bits per heavy atom. The van der Waals surface area contributed by atoms with Gasteiger partial charge in [0.15, 0.2) is 9.84 Å². The first-order valence-corrected chi connectivity index (χ1v) is 8.62. The van der Waals surface area contributed by atoms with Crippen LogP contribution in [0.1, 0.15) is 19.3 Å². The van der Waals surface area contributed by atoms with E-state index in [0.717, 1.165) is 25.5 Å². The van der Waals surface area contributed by atoms with Crippen molar-refractivity contribution in [3.63, 3.8) is 0 Å². The predicted molar refractivity (Wildman–Crippen MR) is 78.1 cm³/mol. The lowest BCUT2D eigenvalue weighted by atomic mass is 9.95. The van der Waals surface area contributed by atoms with Gasteiger partial charge in [-0.05, 0) is 43.5 Å². The van der Waals surface area contributed by atoms with Gasteiger partial charge in [0.25, 0.3) is 0 Å². The van der Waals surface area contributed by atoms with Gasteiger partial charge in [-0.15, -0.1) is 0 Å². The van der Waals surface area contributed by atoms with Gasteiger partial charge in [-0.3, -0.25) is 4.79 Å². The lowest BCUT2D eigenvalue weighted by Gasteiger charge is -2.17. The lowest BCUT2D eigenvalue weighted by Crippen LogP contribution is -2.29. The monoisotopic (exact) mass is 296 g/mol. The van der Waals surface area contributed by atoms with Gasteiger partial charge in [0.05, 0.1) is 4.90 Å². The van der Waals surface area contributed by atoms with E-state index in [4.69, 9.17) is 5.73 Å². The minimum atomic E-state index is -3.27. The fraction of sp³-hybridized carbons (Fsp3) is 0.500. The highest BCUT2D eigenvalue weighted by molar-refractivity contribution is 7.90. The number of amides is 1. The van der Waals surface area contributed by atoms with Crippen molar-refractivity contribution in [3.05, 3.63) is 24.3 Å². The number of rotatable bonds is 4. The molecule has 20 heavy (non-hydrogen) atoms. The number of nitrogens with one attached hydrogen (secondary N) is 1. The molecule has 0 aliphatic heterocycles. The van der Waals surface area contributed by atoms with Gasteiger partial charge in [-0.25, -0.2) is 8.42 Å². The van der Waals surface area contributed by atoms with Crippen molar-refractivity contribution in [2.45, 2.75) is 24.2 Å². The topological polar surface area (TPSA) is 89.3 Å². The van der Waals surface area contributed by atoms with E-state index in [2.05, 4.69) is 5.32 Å². The Hall–Kier alpha value is -1.40. The van der Waals surface area contributed by atoms with Crippen LogP contribution in [0.25, 0.3) is 0 Å². The van der Waals surface area contributed by atoms with Gasteiger partial charge in [0.2, 0.25) is 5.91 Å². The maximum absolute atomic E-state index is 12.2. The zero-order valence-corrected chi connectivity index (χ0v) is 12.3. The molecule has 1 amide bonds. The van der Waals surface area contributed by atoms with Crippen LogP contribution < -0.4 is 11.1 Å². The number of hydrogen-bond acceptors (Lipinski definition) is 4. The number of benzene rings is 1. The zero-order chi connectivity index (χ0) is 14.8. The molecule has 3 N–H and O–H groups in total. The Morgan fingerprint density at radius 1 is 1.40 bits per heavy atom. The summed E-state index contributed by atoms with van der Waals surface area (Å²) >= 11 is 0. The Labute approximate surface area is 119 Å². The van der Waals surface area contributed by atoms with Gasteiger partial charge in [0, 0.05) is 17.9 Å². The number of carbonyl (C=O) groups excluding carboxylic acids is 1. The number of anilines is 1. The van der Waals surface area contributed by atoms with Crippen molar-refractivity contribution in [1.29, 1.82) is 0 Å². The van der Waals surface area contributed by atoms with Crippen molar-refractivity contribution in [1.82, 2.24) is 0 Å². The highest BCUT2D eigenvalue weighted by Crippen LogP contribution is 2.32. The first-order valence-electron chi connectivity index (χ1n) is 6.73. The number of hydrogen-bond donors (Lipinski definition) is 2. The first kappa shape index (κ1) is 15.0. The molecule has 0 aromatic heterocycles. The van der Waals surface area contributed by atoms with Crippen LogP contribution in [0.4, 0.5) is 5.69 Å². The summed E-state index contributed by atoms with van der Waals surface area (Å²) in [6.07, 6.45) is 4.00. The van der Waals surface area contributed by atoms with Crippen LogP contribution >= 0.6 is 0 Å². The van der Waals surface area contributed by atoms with Crippen molar-refractivity contribution in [2.75, 3.05) is 18.1 Å². The summed E-state index contributed by atoms with van der Waals surface area (Å²) in [7, 11) is -3.27. The average molecular weight is 296 g/mol. The second-order valence-electron chi connectivity index (χ2n) is 5.32. The summed E-state index contributed by atoms with van der Waals surface area (Å²) in [6, 6.07) is 6.32. The number of sulfone groups is 1. The van der Waals surface area contributed by atoms with Gasteiger partial charge in [-0.2, -0.15) is 0 Å². The maximum Gasteiger partial charge on any atom is 0.227 e. The summed E-state index contributed by atoms with van der Waals surface area (Å²) < 4.78 is 23.0. The van der Waals surface area contributed by atoms with Crippen LogP contribution in [0.2, 0.25) is 0 Å². The molecule has 1 aliphatic rings. The summed E-state index contributed by atoms with van der Waals surface area (Å²) in [6.45, 7) is 0.515. The molecule has 1 aromatic rings. The molecule has 6 heteroatoms. The third kappa shape index (κ3) is 3.37. The molecule has 0 radical (unpaired) electrons. The summed E-state index contributed by atoms with van der Waals surface area (Å²) in [4.78, 5) is 12.4. The predicted octanol–water partition coefficient (Wildman–Crippen LogP) is 1.40. The SMILES string of the molecule is CS(=O)(=O)c1cccc(NC(=O)C2CCCC2CN)c1. The zero-order valence-electron chi connectivity index (χ0n) is 11.5.